The number of ether oxygens (including phenoxy) is 1. The molecule has 1 heterocycles. The molecule has 0 spiro atoms. The summed E-state index contributed by atoms with van der Waals surface area (Å²) in [4.78, 5) is 32.9. The maximum absolute atomic E-state index is 13.4. The summed E-state index contributed by atoms with van der Waals surface area (Å²) in [5, 5.41) is 3.44. The lowest BCUT2D eigenvalue weighted by Crippen LogP contribution is -2.42. The van der Waals surface area contributed by atoms with E-state index in [2.05, 4.69) is 5.32 Å². The minimum atomic E-state index is -0.306. The van der Waals surface area contributed by atoms with Gasteiger partial charge in [-0.2, -0.15) is 0 Å². The van der Waals surface area contributed by atoms with Crippen LogP contribution in [-0.2, 0) is 9.59 Å². The van der Waals surface area contributed by atoms with Gasteiger partial charge in [0.1, 0.15) is 12.3 Å². The van der Waals surface area contributed by atoms with E-state index in [-0.39, 0.29) is 24.3 Å². The van der Waals surface area contributed by atoms with Crippen molar-refractivity contribution >= 4 is 46.2 Å². The van der Waals surface area contributed by atoms with E-state index in [4.69, 9.17) is 21.3 Å². The molecule has 31 heavy (non-hydrogen) atoms. The molecule has 0 aromatic heterocycles. The van der Waals surface area contributed by atoms with Crippen molar-refractivity contribution in [1.29, 1.82) is 0 Å². The lowest BCUT2D eigenvalue weighted by Gasteiger charge is -2.25. The van der Waals surface area contributed by atoms with E-state index in [0.29, 0.717) is 22.1 Å². The van der Waals surface area contributed by atoms with Crippen LogP contribution in [0.3, 0.4) is 0 Å². The van der Waals surface area contributed by atoms with Gasteiger partial charge < -0.3 is 15.0 Å². The van der Waals surface area contributed by atoms with Gasteiger partial charge in [-0.25, -0.2) is 0 Å². The van der Waals surface area contributed by atoms with E-state index in [1.165, 1.54) is 7.11 Å². The van der Waals surface area contributed by atoms with E-state index >= 15 is 0 Å². The van der Waals surface area contributed by atoms with Crippen molar-refractivity contribution in [2.24, 2.45) is 10.9 Å². The molecule has 2 aromatic carbocycles. The number of anilines is 2. The summed E-state index contributed by atoms with van der Waals surface area (Å²) in [6, 6.07) is 7.39. The van der Waals surface area contributed by atoms with Crippen molar-refractivity contribution in [3.8, 4) is 5.75 Å². The molecule has 6 nitrogen and oxygen atoms in total. The van der Waals surface area contributed by atoms with E-state index < -0.39 is 0 Å². The van der Waals surface area contributed by atoms with Gasteiger partial charge in [0.15, 0.2) is 0 Å². The number of carbonyl (C=O) groups excluding carboxylic acids is 2. The van der Waals surface area contributed by atoms with Crippen molar-refractivity contribution in [3.05, 3.63) is 46.0 Å². The van der Waals surface area contributed by atoms with Crippen molar-refractivity contribution in [2.45, 2.75) is 40.0 Å². The molecule has 1 aliphatic heterocycles. The summed E-state index contributed by atoms with van der Waals surface area (Å²) >= 11 is 6.17. The average Bonchev–Trinajstić information content (AvgIpc) is 3.15. The predicted octanol–water partition coefficient (Wildman–Crippen LogP) is 5.13. The van der Waals surface area contributed by atoms with E-state index in [1.807, 2.05) is 32.9 Å². The third-order valence-corrected chi connectivity index (χ3v) is 6.50. The zero-order valence-electron chi connectivity index (χ0n) is 18.2. The molecule has 2 amide bonds. The fraction of sp³-hybridized carbons (Fsp3) is 0.375. The Kier molecular flexibility index (Phi) is 5.75. The highest BCUT2D eigenvalue weighted by Crippen LogP contribution is 2.39. The van der Waals surface area contributed by atoms with E-state index in [1.54, 1.807) is 17.0 Å². The zero-order valence-corrected chi connectivity index (χ0v) is 19.0. The first kappa shape index (κ1) is 21.4. The Bertz CT molecular complexity index is 1110. The number of nitrogens with one attached hydrogen (secondary N) is 1. The maximum atomic E-state index is 13.4. The number of halogens is 1. The molecule has 2 aliphatic rings. The van der Waals surface area contributed by atoms with Gasteiger partial charge in [-0.1, -0.05) is 11.6 Å². The highest BCUT2D eigenvalue weighted by molar-refractivity contribution is 6.31. The molecule has 0 unspecified atom stereocenters. The summed E-state index contributed by atoms with van der Waals surface area (Å²) in [7, 11) is 1.52. The van der Waals surface area contributed by atoms with Gasteiger partial charge in [-0.3, -0.25) is 14.6 Å². The second-order valence-electron chi connectivity index (χ2n) is 8.25. The number of nitrogens with zero attached hydrogens (tertiary/aromatic N) is 2. The number of methoxy groups -OCH3 is 1. The van der Waals surface area contributed by atoms with Crippen LogP contribution in [0.4, 0.5) is 17.1 Å². The van der Waals surface area contributed by atoms with Gasteiger partial charge in [0.25, 0.3) is 0 Å². The van der Waals surface area contributed by atoms with E-state index in [9.17, 15) is 9.59 Å². The molecule has 1 atom stereocenters. The predicted molar refractivity (Wildman–Crippen MR) is 124 cm³/mol. The summed E-state index contributed by atoms with van der Waals surface area (Å²) < 4.78 is 5.36. The Morgan fingerprint density at radius 2 is 1.94 bits per heavy atom. The smallest absolute Gasteiger partial charge is 0.244 e. The van der Waals surface area contributed by atoms with Crippen LogP contribution in [0.1, 0.15) is 36.0 Å². The standard InChI is InChI=1S/C24H26ClN3O3/c1-13-8-19-21(10-14(13)2)28(24(30)16-6-5-7-18(16)26-19)12-23(29)27-20-9-15(3)17(25)11-22(20)31-4/h8-11,16H,5-7,12H2,1-4H3,(H,27,29)/t16-/m0/s1. The van der Waals surface area contributed by atoms with Gasteiger partial charge in [0, 0.05) is 16.8 Å². The van der Waals surface area contributed by atoms with Crippen LogP contribution in [0.5, 0.6) is 5.75 Å². The molecule has 0 radical (unpaired) electrons. The Labute approximate surface area is 187 Å². The van der Waals surface area contributed by atoms with Crippen LogP contribution in [-0.4, -0.2) is 31.2 Å². The summed E-state index contributed by atoms with van der Waals surface area (Å²) in [5.74, 6) is -0.154. The van der Waals surface area contributed by atoms with Crippen molar-refractivity contribution < 1.29 is 14.3 Å². The third kappa shape index (κ3) is 4.04. The van der Waals surface area contributed by atoms with E-state index in [0.717, 1.165) is 47.4 Å². The van der Waals surface area contributed by atoms with Crippen LogP contribution in [0.25, 0.3) is 0 Å². The first-order valence-electron chi connectivity index (χ1n) is 10.4. The molecule has 7 heteroatoms. The van der Waals surface area contributed by atoms with Crippen LogP contribution in [0.15, 0.2) is 29.3 Å². The van der Waals surface area contributed by atoms with Crippen molar-refractivity contribution in [1.82, 2.24) is 0 Å². The summed E-state index contributed by atoms with van der Waals surface area (Å²) in [6.07, 6.45) is 2.53. The Balaban J connectivity index is 1.67. The lowest BCUT2D eigenvalue weighted by molar-refractivity contribution is -0.123. The Hall–Kier alpha value is -2.86. The molecule has 4 rings (SSSR count). The molecule has 0 bridgehead atoms. The van der Waals surface area contributed by atoms with Gasteiger partial charge in [-0.15, -0.1) is 0 Å². The molecular weight excluding hydrogens is 414 g/mol. The van der Waals surface area contributed by atoms with Gasteiger partial charge in [0.05, 0.1) is 30.1 Å². The minimum Gasteiger partial charge on any atom is -0.495 e. The first-order valence-corrected chi connectivity index (χ1v) is 10.8. The second kappa shape index (κ2) is 8.35. The van der Waals surface area contributed by atoms with Crippen LogP contribution in [0.2, 0.25) is 5.02 Å². The SMILES string of the molecule is COc1cc(Cl)c(C)cc1NC(=O)CN1C(=O)[C@H]2CCCC2=Nc2cc(C)c(C)cc21. The first-order chi connectivity index (χ1) is 14.8. The quantitative estimate of drug-likeness (QED) is 0.717. The number of hydrogen-bond donors (Lipinski definition) is 1. The largest absolute Gasteiger partial charge is 0.495 e. The minimum absolute atomic E-state index is 0.0624. The summed E-state index contributed by atoms with van der Waals surface area (Å²) in [5.41, 5.74) is 5.87. The third-order valence-electron chi connectivity index (χ3n) is 6.09. The van der Waals surface area contributed by atoms with Gasteiger partial charge >= 0.3 is 0 Å². The fourth-order valence-corrected chi connectivity index (χ4v) is 4.36. The number of fused-ring (bicyclic) bond motifs is 2. The average molecular weight is 440 g/mol. The lowest BCUT2D eigenvalue weighted by atomic mass is 10.0. The van der Waals surface area contributed by atoms with Gasteiger partial charge in [-0.05, 0) is 74.9 Å². The van der Waals surface area contributed by atoms with Gasteiger partial charge in [0.2, 0.25) is 11.8 Å². The maximum Gasteiger partial charge on any atom is 0.244 e. The number of aryl methyl sites for hydroxylation is 3. The number of hydrogen-bond acceptors (Lipinski definition) is 4. The molecule has 1 saturated carbocycles. The molecule has 1 aliphatic carbocycles. The van der Waals surface area contributed by atoms with Crippen LogP contribution < -0.4 is 15.0 Å². The topological polar surface area (TPSA) is 71.0 Å². The van der Waals surface area contributed by atoms with Crippen molar-refractivity contribution in [2.75, 3.05) is 23.9 Å². The monoisotopic (exact) mass is 439 g/mol. The Morgan fingerprint density at radius 1 is 1.19 bits per heavy atom. The number of carbonyl (C=O) groups is 2. The molecule has 162 valence electrons. The number of rotatable bonds is 4. The van der Waals surface area contributed by atoms with Crippen LogP contribution in [0, 0.1) is 26.7 Å². The normalized spacial score (nSPS) is 17.6. The molecule has 2 aromatic rings. The fourth-order valence-electron chi connectivity index (χ4n) is 4.21. The second-order valence-corrected chi connectivity index (χ2v) is 8.65. The van der Waals surface area contributed by atoms with Crippen molar-refractivity contribution in [3.63, 3.8) is 0 Å². The molecule has 0 saturated heterocycles. The number of amides is 2. The highest BCUT2D eigenvalue weighted by atomic mass is 35.5. The molecule has 1 fully saturated rings. The molecular formula is C24H26ClN3O3. The Morgan fingerprint density at radius 3 is 2.68 bits per heavy atom. The van der Waals surface area contributed by atoms with Crippen LogP contribution >= 0.6 is 11.6 Å². The summed E-state index contributed by atoms with van der Waals surface area (Å²) in [6.45, 7) is 5.79. The number of aliphatic imine (C=N–C) groups is 1. The molecule has 1 N–H and O–H groups in total. The highest BCUT2D eigenvalue weighted by Gasteiger charge is 2.37. The zero-order chi connectivity index (χ0) is 22.3. The number of benzene rings is 2.